The van der Waals surface area contributed by atoms with E-state index in [9.17, 15) is 4.79 Å². The number of ether oxygens (including phenoxy) is 1. The molecule has 0 fully saturated rings. The van der Waals surface area contributed by atoms with Gasteiger partial charge in [0.25, 0.3) is 0 Å². The summed E-state index contributed by atoms with van der Waals surface area (Å²) in [5, 5.41) is 0. The highest BCUT2D eigenvalue weighted by molar-refractivity contribution is 5.97. The maximum absolute atomic E-state index is 11.0. The first kappa shape index (κ1) is 10.4. The second-order valence-electron chi connectivity index (χ2n) is 3.02. The number of hydrogen-bond donors (Lipinski definition) is 0. The summed E-state index contributed by atoms with van der Waals surface area (Å²) in [5.74, 6) is 0.642. The Balaban J connectivity index is 2.88. The zero-order valence-electron chi connectivity index (χ0n) is 8.57. The van der Waals surface area contributed by atoms with Crippen molar-refractivity contribution in [1.82, 2.24) is 4.98 Å². The summed E-state index contributed by atoms with van der Waals surface area (Å²) in [7, 11) is 1.57. The number of methoxy groups -OCH3 is 1. The first-order valence-electron chi connectivity index (χ1n) is 4.33. The van der Waals surface area contributed by atoms with E-state index in [0.717, 1.165) is 11.1 Å². The van der Waals surface area contributed by atoms with Crippen LogP contribution in [0, 0.1) is 0 Å². The molecule has 0 aromatic carbocycles. The Morgan fingerprint density at radius 1 is 1.43 bits per heavy atom. The molecular formula is C11H13NO2. The van der Waals surface area contributed by atoms with E-state index in [1.54, 1.807) is 39.3 Å². The highest BCUT2D eigenvalue weighted by Gasteiger charge is 1.97. The van der Waals surface area contributed by atoms with Crippen LogP contribution in [0.1, 0.15) is 19.4 Å². The van der Waals surface area contributed by atoms with Gasteiger partial charge in [0.2, 0.25) is 5.88 Å². The van der Waals surface area contributed by atoms with Gasteiger partial charge in [0.05, 0.1) is 7.11 Å². The monoisotopic (exact) mass is 191 g/mol. The first-order valence-corrected chi connectivity index (χ1v) is 4.33. The van der Waals surface area contributed by atoms with Gasteiger partial charge in [-0.15, -0.1) is 0 Å². The van der Waals surface area contributed by atoms with Crippen LogP contribution in [0.3, 0.4) is 0 Å². The topological polar surface area (TPSA) is 39.2 Å². The van der Waals surface area contributed by atoms with Crippen molar-refractivity contribution in [3.8, 4) is 5.88 Å². The van der Waals surface area contributed by atoms with E-state index in [1.165, 1.54) is 0 Å². The Kier molecular flexibility index (Phi) is 3.40. The lowest BCUT2D eigenvalue weighted by molar-refractivity contribution is -0.113. The molecule has 0 spiro atoms. The van der Waals surface area contributed by atoms with Crippen molar-refractivity contribution in [2.24, 2.45) is 0 Å². The Labute approximate surface area is 83.4 Å². The third-order valence-electron chi connectivity index (χ3n) is 1.91. The molecule has 1 rings (SSSR count). The predicted octanol–water partition coefficient (Wildman–Crippen LogP) is 2.08. The lowest BCUT2D eigenvalue weighted by Gasteiger charge is -1.99. The summed E-state index contributed by atoms with van der Waals surface area (Å²) in [6.07, 6.45) is 3.47. The molecule has 3 nitrogen and oxygen atoms in total. The molecule has 74 valence electrons. The van der Waals surface area contributed by atoms with E-state index < -0.39 is 0 Å². The van der Waals surface area contributed by atoms with Gasteiger partial charge < -0.3 is 4.74 Å². The van der Waals surface area contributed by atoms with Gasteiger partial charge in [0.1, 0.15) is 0 Å². The molecule has 0 saturated heterocycles. The van der Waals surface area contributed by atoms with Gasteiger partial charge >= 0.3 is 0 Å². The molecule has 14 heavy (non-hydrogen) atoms. The Hall–Kier alpha value is -1.64. The maximum atomic E-state index is 11.0. The van der Waals surface area contributed by atoms with Crippen molar-refractivity contribution >= 4 is 11.9 Å². The second-order valence-corrected chi connectivity index (χ2v) is 3.02. The summed E-state index contributed by atoms with van der Waals surface area (Å²) in [4.78, 5) is 15.0. The molecule has 0 unspecified atom stereocenters. The van der Waals surface area contributed by atoms with E-state index in [1.807, 2.05) is 6.07 Å². The smallest absolute Gasteiger partial charge is 0.212 e. The van der Waals surface area contributed by atoms with Crippen molar-refractivity contribution in [3.63, 3.8) is 0 Å². The van der Waals surface area contributed by atoms with Crippen LogP contribution in [-0.2, 0) is 4.79 Å². The summed E-state index contributed by atoms with van der Waals surface area (Å²) >= 11 is 0. The van der Waals surface area contributed by atoms with Crippen LogP contribution in [0.15, 0.2) is 23.9 Å². The van der Waals surface area contributed by atoms with Crippen molar-refractivity contribution in [1.29, 1.82) is 0 Å². The molecule has 0 N–H and O–H groups in total. The van der Waals surface area contributed by atoms with Gasteiger partial charge in [-0.25, -0.2) is 4.98 Å². The number of nitrogens with zero attached hydrogens (tertiary/aromatic N) is 1. The maximum Gasteiger partial charge on any atom is 0.212 e. The number of aromatic nitrogens is 1. The van der Waals surface area contributed by atoms with Crippen LogP contribution >= 0.6 is 0 Å². The largest absolute Gasteiger partial charge is 0.481 e. The van der Waals surface area contributed by atoms with Crippen molar-refractivity contribution < 1.29 is 9.53 Å². The number of carbonyl (C=O) groups excluding carboxylic acids is 1. The molecule has 0 saturated carbocycles. The van der Waals surface area contributed by atoms with Crippen LogP contribution in [0.25, 0.3) is 6.08 Å². The fourth-order valence-electron chi connectivity index (χ4n) is 0.949. The third-order valence-corrected chi connectivity index (χ3v) is 1.91. The number of Topliss-reactive ketones (excluding diaryl/α,β-unsaturated/α-hetero) is 1. The Bertz CT molecular complexity index is 352. The van der Waals surface area contributed by atoms with Crippen molar-refractivity contribution in [2.45, 2.75) is 13.8 Å². The average molecular weight is 191 g/mol. The molecule has 3 heteroatoms. The SMILES string of the molecule is COc1ccc(/C=C(/C)C(C)=O)cn1. The summed E-state index contributed by atoms with van der Waals surface area (Å²) in [6.45, 7) is 3.33. The second kappa shape index (κ2) is 4.56. The third kappa shape index (κ3) is 2.69. The lowest BCUT2D eigenvalue weighted by Crippen LogP contribution is -1.91. The zero-order chi connectivity index (χ0) is 10.6. The molecule has 0 aliphatic heterocycles. The van der Waals surface area contributed by atoms with Gasteiger partial charge in [-0.3, -0.25) is 4.79 Å². The molecule has 0 aliphatic rings. The van der Waals surface area contributed by atoms with Gasteiger partial charge in [0, 0.05) is 12.3 Å². The van der Waals surface area contributed by atoms with E-state index in [2.05, 4.69) is 4.98 Å². The van der Waals surface area contributed by atoms with Crippen molar-refractivity contribution in [2.75, 3.05) is 7.11 Å². The van der Waals surface area contributed by atoms with Crippen LogP contribution in [0.5, 0.6) is 5.88 Å². The Morgan fingerprint density at radius 3 is 2.57 bits per heavy atom. The molecule has 1 heterocycles. The number of hydrogen-bond acceptors (Lipinski definition) is 3. The average Bonchev–Trinajstić information content (AvgIpc) is 2.19. The standard InChI is InChI=1S/C11H13NO2/c1-8(9(2)13)6-10-4-5-11(14-3)12-7-10/h4-7H,1-3H3/b8-6-. The van der Waals surface area contributed by atoms with Crippen LogP contribution in [0.4, 0.5) is 0 Å². The molecule has 0 aliphatic carbocycles. The van der Waals surface area contributed by atoms with Crippen molar-refractivity contribution in [3.05, 3.63) is 29.5 Å². The molecule has 0 amide bonds. The molecule has 1 aromatic rings. The van der Waals surface area contributed by atoms with E-state index in [4.69, 9.17) is 4.74 Å². The lowest BCUT2D eigenvalue weighted by atomic mass is 10.1. The van der Waals surface area contributed by atoms with Gasteiger partial charge in [-0.05, 0) is 37.1 Å². The van der Waals surface area contributed by atoms with Crippen LogP contribution < -0.4 is 4.74 Å². The fraction of sp³-hybridized carbons (Fsp3) is 0.273. The minimum absolute atomic E-state index is 0.0702. The molecule has 1 aromatic heterocycles. The number of ketones is 1. The first-order chi connectivity index (χ1) is 6.63. The van der Waals surface area contributed by atoms with Crippen LogP contribution in [-0.4, -0.2) is 17.9 Å². The van der Waals surface area contributed by atoms with Gasteiger partial charge in [0.15, 0.2) is 5.78 Å². The summed E-state index contributed by atoms with van der Waals surface area (Å²) in [5.41, 5.74) is 1.62. The highest BCUT2D eigenvalue weighted by atomic mass is 16.5. The molecule has 0 bridgehead atoms. The quantitative estimate of drug-likeness (QED) is 0.687. The number of rotatable bonds is 3. The van der Waals surface area contributed by atoms with E-state index >= 15 is 0 Å². The minimum Gasteiger partial charge on any atom is -0.481 e. The van der Waals surface area contributed by atoms with E-state index in [-0.39, 0.29) is 5.78 Å². The number of allylic oxidation sites excluding steroid dienone is 1. The summed E-state index contributed by atoms with van der Waals surface area (Å²) in [6, 6.07) is 3.62. The number of pyridine rings is 1. The van der Waals surface area contributed by atoms with E-state index in [0.29, 0.717) is 5.88 Å². The zero-order valence-corrected chi connectivity index (χ0v) is 8.57. The highest BCUT2D eigenvalue weighted by Crippen LogP contribution is 2.10. The minimum atomic E-state index is 0.0702. The normalized spacial score (nSPS) is 11.2. The predicted molar refractivity (Wildman–Crippen MR) is 55.1 cm³/mol. The molecular weight excluding hydrogens is 178 g/mol. The fourth-order valence-corrected chi connectivity index (χ4v) is 0.949. The van der Waals surface area contributed by atoms with Gasteiger partial charge in [-0.2, -0.15) is 0 Å². The Morgan fingerprint density at radius 2 is 2.14 bits per heavy atom. The van der Waals surface area contributed by atoms with Gasteiger partial charge in [-0.1, -0.05) is 0 Å². The van der Waals surface area contributed by atoms with Crippen LogP contribution in [0.2, 0.25) is 0 Å². The summed E-state index contributed by atoms with van der Waals surface area (Å²) < 4.78 is 4.92. The molecule has 0 atom stereocenters. The number of carbonyl (C=O) groups is 1. The molecule has 0 radical (unpaired) electrons.